The Kier molecular flexibility index (Phi) is 4.13. The number of aryl methyl sites for hydroxylation is 1. The van der Waals surface area contributed by atoms with E-state index in [1.807, 2.05) is 19.1 Å². The lowest BCUT2D eigenvalue weighted by Gasteiger charge is -2.09. The SMILES string of the molecule is CCc1ccsc1S(=O)(=O)Nc1cccc2cc(C(N)=S)[nH]c12. The van der Waals surface area contributed by atoms with Crippen LogP contribution in [0.25, 0.3) is 10.9 Å². The number of H-pyrrole nitrogens is 1. The molecule has 0 saturated heterocycles. The van der Waals surface area contributed by atoms with E-state index in [0.29, 0.717) is 27.5 Å². The molecule has 8 heteroatoms. The molecule has 4 N–H and O–H groups in total. The van der Waals surface area contributed by atoms with Crippen LogP contribution in [0.5, 0.6) is 0 Å². The first-order valence-electron chi connectivity index (χ1n) is 6.93. The monoisotopic (exact) mass is 365 g/mol. The third-order valence-corrected chi connectivity index (χ3v) is 6.65. The van der Waals surface area contributed by atoms with Crippen molar-refractivity contribution in [3.05, 3.63) is 47.0 Å². The summed E-state index contributed by atoms with van der Waals surface area (Å²) in [5, 5.41) is 2.63. The van der Waals surface area contributed by atoms with Crippen molar-refractivity contribution in [2.75, 3.05) is 4.72 Å². The lowest BCUT2D eigenvalue weighted by molar-refractivity contribution is 0.602. The second-order valence-electron chi connectivity index (χ2n) is 5.01. The zero-order valence-electron chi connectivity index (χ0n) is 12.3. The Bertz CT molecular complexity index is 986. The zero-order chi connectivity index (χ0) is 16.6. The third-order valence-electron chi connectivity index (χ3n) is 3.50. The average molecular weight is 366 g/mol. The maximum atomic E-state index is 12.7. The standard InChI is InChI=1S/C15H15N3O2S3/c1-2-9-6-7-22-15(9)23(19,20)18-11-5-3-4-10-8-12(14(16)21)17-13(10)11/h3-8,17-18H,2H2,1H3,(H2,16,21). The van der Waals surface area contributed by atoms with Crippen molar-refractivity contribution < 1.29 is 8.42 Å². The zero-order valence-corrected chi connectivity index (χ0v) is 14.7. The molecule has 0 bridgehead atoms. The smallest absolute Gasteiger partial charge is 0.271 e. The van der Waals surface area contributed by atoms with Gasteiger partial charge in [-0.15, -0.1) is 11.3 Å². The topological polar surface area (TPSA) is 88.0 Å². The van der Waals surface area contributed by atoms with Crippen molar-refractivity contribution in [3.63, 3.8) is 0 Å². The Hall–Kier alpha value is -1.90. The van der Waals surface area contributed by atoms with Crippen molar-refractivity contribution in [2.24, 2.45) is 5.73 Å². The first-order chi connectivity index (χ1) is 10.9. The Morgan fingerprint density at radius 1 is 1.39 bits per heavy atom. The molecule has 0 spiro atoms. The molecule has 2 aromatic heterocycles. The minimum Gasteiger partial charge on any atom is -0.388 e. The molecule has 0 fully saturated rings. The molecule has 0 aliphatic heterocycles. The molecule has 5 nitrogen and oxygen atoms in total. The van der Waals surface area contributed by atoms with E-state index in [4.69, 9.17) is 18.0 Å². The minimum atomic E-state index is -3.63. The van der Waals surface area contributed by atoms with Gasteiger partial charge in [0.1, 0.15) is 9.20 Å². The van der Waals surface area contributed by atoms with Gasteiger partial charge in [0.05, 0.1) is 16.9 Å². The number of sulfonamides is 1. The van der Waals surface area contributed by atoms with Gasteiger partial charge in [-0.05, 0) is 35.6 Å². The van der Waals surface area contributed by atoms with Gasteiger partial charge in [-0.3, -0.25) is 4.72 Å². The molecule has 0 radical (unpaired) electrons. The van der Waals surface area contributed by atoms with E-state index in [2.05, 4.69) is 9.71 Å². The number of hydrogen-bond donors (Lipinski definition) is 3. The van der Waals surface area contributed by atoms with Crippen molar-refractivity contribution in [1.29, 1.82) is 0 Å². The number of thiocarbonyl (C=S) groups is 1. The molecule has 0 atom stereocenters. The molecule has 0 aliphatic carbocycles. The number of hydrogen-bond acceptors (Lipinski definition) is 4. The summed E-state index contributed by atoms with van der Waals surface area (Å²) in [6.07, 6.45) is 0.665. The fraction of sp³-hybridized carbons (Fsp3) is 0.133. The van der Waals surface area contributed by atoms with Gasteiger partial charge in [-0.2, -0.15) is 0 Å². The Labute approximate surface area is 143 Å². The molecule has 0 aliphatic rings. The number of para-hydroxylation sites is 1. The summed E-state index contributed by atoms with van der Waals surface area (Å²) in [5.74, 6) is 0. The van der Waals surface area contributed by atoms with Crippen LogP contribution in [-0.4, -0.2) is 18.4 Å². The summed E-state index contributed by atoms with van der Waals surface area (Å²) in [5.41, 5.74) is 8.18. The van der Waals surface area contributed by atoms with Gasteiger partial charge >= 0.3 is 0 Å². The summed E-state index contributed by atoms with van der Waals surface area (Å²) >= 11 is 6.18. The highest BCUT2D eigenvalue weighted by Gasteiger charge is 2.21. The average Bonchev–Trinajstić information content (AvgIpc) is 3.14. The Morgan fingerprint density at radius 2 is 2.17 bits per heavy atom. The highest BCUT2D eigenvalue weighted by Crippen LogP contribution is 2.29. The molecule has 0 unspecified atom stereocenters. The molecule has 2 heterocycles. The number of anilines is 1. The second kappa shape index (κ2) is 5.95. The number of aromatic amines is 1. The number of fused-ring (bicyclic) bond motifs is 1. The van der Waals surface area contributed by atoms with Gasteiger partial charge in [0.15, 0.2) is 0 Å². The van der Waals surface area contributed by atoms with Crippen LogP contribution in [0.2, 0.25) is 0 Å². The lowest BCUT2D eigenvalue weighted by atomic mass is 10.2. The molecule has 1 aromatic carbocycles. The van der Waals surface area contributed by atoms with E-state index >= 15 is 0 Å². The molecule has 3 rings (SSSR count). The van der Waals surface area contributed by atoms with Gasteiger partial charge < -0.3 is 10.7 Å². The molecule has 120 valence electrons. The summed E-state index contributed by atoms with van der Waals surface area (Å²) in [7, 11) is -3.63. The first kappa shape index (κ1) is 16.0. The summed E-state index contributed by atoms with van der Waals surface area (Å²) in [4.78, 5) is 3.31. The number of benzene rings is 1. The van der Waals surface area contributed by atoms with E-state index in [-0.39, 0.29) is 4.99 Å². The number of nitrogens with two attached hydrogens (primary N) is 1. The van der Waals surface area contributed by atoms with Crippen LogP contribution in [-0.2, 0) is 16.4 Å². The normalized spacial score (nSPS) is 11.7. The first-order valence-corrected chi connectivity index (χ1v) is 9.70. The van der Waals surface area contributed by atoms with Crippen LogP contribution >= 0.6 is 23.6 Å². The number of thiophene rings is 1. The van der Waals surface area contributed by atoms with Gasteiger partial charge in [0.2, 0.25) is 0 Å². The second-order valence-corrected chi connectivity index (χ2v) is 8.24. The Balaban J connectivity index is 2.06. The Morgan fingerprint density at radius 3 is 2.87 bits per heavy atom. The highest BCUT2D eigenvalue weighted by molar-refractivity contribution is 7.94. The summed E-state index contributed by atoms with van der Waals surface area (Å²) in [6, 6.07) is 9.00. The number of nitrogens with one attached hydrogen (secondary N) is 2. The number of aromatic nitrogens is 1. The highest BCUT2D eigenvalue weighted by atomic mass is 32.2. The van der Waals surface area contributed by atoms with Crippen LogP contribution in [0, 0.1) is 0 Å². The van der Waals surface area contributed by atoms with Crippen molar-refractivity contribution in [3.8, 4) is 0 Å². The molecule has 0 amide bonds. The van der Waals surface area contributed by atoms with E-state index in [1.165, 1.54) is 11.3 Å². The maximum Gasteiger partial charge on any atom is 0.271 e. The predicted molar refractivity (Wildman–Crippen MR) is 98.7 cm³/mol. The van der Waals surface area contributed by atoms with Crippen LogP contribution in [0.15, 0.2) is 39.9 Å². The van der Waals surface area contributed by atoms with Crippen molar-refractivity contribution in [1.82, 2.24) is 4.98 Å². The molecule has 3 aromatic rings. The van der Waals surface area contributed by atoms with Crippen LogP contribution in [0.1, 0.15) is 18.2 Å². The summed E-state index contributed by atoms with van der Waals surface area (Å²) < 4.78 is 28.3. The summed E-state index contributed by atoms with van der Waals surface area (Å²) in [6.45, 7) is 1.93. The van der Waals surface area contributed by atoms with Crippen LogP contribution in [0.4, 0.5) is 5.69 Å². The molecule has 23 heavy (non-hydrogen) atoms. The third kappa shape index (κ3) is 2.97. The fourth-order valence-corrected chi connectivity index (χ4v) is 5.12. The molecule has 0 saturated carbocycles. The van der Waals surface area contributed by atoms with E-state index < -0.39 is 10.0 Å². The van der Waals surface area contributed by atoms with E-state index in [0.717, 1.165) is 10.9 Å². The predicted octanol–water partition coefficient (Wildman–Crippen LogP) is 3.23. The van der Waals surface area contributed by atoms with Gasteiger partial charge in [-0.25, -0.2) is 8.42 Å². The van der Waals surface area contributed by atoms with Crippen molar-refractivity contribution >= 4 is 55.2 Å². The molecular formula is C15H15N3O2S3. The number of rotatable bonds is 5. The lowest BCUT2D eigenvalue weighted by Crippen LogP contribution is -2.13. The van der Waals surface area contributed by atoms with Gasteiger partial charge in [-0.1, -0.05) is 31.3 Å². The van der Waals surface area contributed by atoms with E-state index in [9.17, 15) is 8.42 Å². The molecular weight excluding hydrogens is 350 g/mol. The van der Waals surface area contributed by atoms with Gasteiger partial charge in [0, 0.05) is 5.39 Å². The fourth-order valence-electron chi connectivity index (χ4n) is 2.38. The largest absolute Gasteiger partial charge is 0.388 e. The van der Waals surface area contributed by atoms with E-state index in [1.54, 1.807) is 23.6 Å². The van der Waals surface area contributed by atoms with Crippen LogP contribution < -0.4 is 10.5 Å². The van der Waals surface area contributed by atoms with Crippen LogP contribution in [0.3, 0.4) is 0 Å². The maximum absolute atomic E-state index is 12.7. The van der Waals surface area contributed by atoms with Crippen molar-refractivity contribution in [2.45, 2.75) is 17.6 Å². The van der Waals surface area contributed by atoms with Gasteiger partial charge in [0.25, 0.3) is 10.0 Å². The quantitative estimate of drug-likeness (QED) is 0.606. The minimum absolute atomic E-state index is 0.238.